The Morgan fingerprint density at radius 2 is 2.09 bits per heavy atom. The van der Waals surface area contributed by atoms with Crippen LogP contribution in [0.2, 0.25) is 0 Å². The van der Waals surface area contributed by atoms with Gasteiger partial charge in [0.1, 0.15) is 11.7 Å². The zero-order valence-electron chi connectivity index (χ0n) is 17.5. The molecule has 3 N–H and O–H groups in total. The van der Waals surface area contributed by atoms with Gasteiger partial charge in [0.2, 0.25) is 5.91 Å². The van der Waals surface area contributed by atoms with Crippen LogP contribution in [0.25, 0.3) is 0 Å². The Bertz CT molecular complexity index is 1100. The number of hydrogen-bond donors (Lipinski definition) is 3. The topological polar surface area (TPSA) is 98.2 Å². The van der Waals surface area contributed by atoms with Crippen molar-refractivity contribution in [2.24, 2.45) is 0 Å². The number of nitrogens with one attached hydrogen (secondary N) is 3. The second-order valence-electron chi connectivity index (χ2n) is 7.43. The molecule has 0 aliphatic carbocycles. The zero-order valence-corrected chi connectivity index (χ0v) is 19.1. The van der Waals surface area contributed by atoms with Gasteiger partial charge in [-0.2, -0.15) is 13.2 Å². The van der Waals surface area contributed by atoms with E-state index in [0.717, 1.165) is 28.0 Å². The molecule has 0 spiro atoms. The van der Waals surface area contributed by atoms with Crippen LogP contribution < -0.4 is 15.5 Å². The lowest BCUT2D eigenvalue weighted by atomic mass is 10.1. The molecule has 0 saturated carbocycles. The van der Waals surface area contributed by atoms with Crippen LogP contribution in [0.15, 0.2) is 52.6 Å². The van der Waals surface area contributed by atoms with Crippen LogP contribution in [-0.4, -0.2) is 36.2 Å². The van der Waals surface area contributed by atoms with Crippen molar-refractivity contribution < 1.29 is 22.8 Å². The second-order valence-corrected chi connectivity index (χ2v) is 8.35. The molecule has 2 heterocycles. The van der Waals surface area contributed by atoms with Crippen LogP contribution in [0.4, 0.5) is 23.7 Å². The summed E-state index contributed by atoms with van der Waals surface area (Å²) in [7, 11) is 1.64. The van der Waals surface area contributed by atoms with E-state index in [1.165, 1.54) is 23.2 Å². The molecular formula is C22H21BrF3N5O2. The van der Waals surface area contributed by atoms with Gasteiger partial charge in [0.05, 0.1) is 0 Å². The summed E-state index contributed by atoms with van der Waals surface area (Å²) in [5.41, 5.74) is 1.06. The molecule has 1 unspecified atom stereocenters. The Kier molecular flexibility index (Phi) is 7.52. The van der Waals surface area contributed by atoms with E-state index in [-0.39, 0.29) is 23.6 Å². The minimum atomic E-state index is -4.57. The number of likely N-dealkylation sites (N-methyl/N-ethyl adjacent to an activating group) is 1. The van der Waals surface area contributed by atoms with Crippen molar-refractivity contribution in [1.82, 2.24) is 15.6 Å². The van der Waals surface area contributed by atoms with Crippen LogP contribution in [0.1, 0.15) is 23.4 Å². The van der Waals surface area contributed by atoms with Gasteiger partial charge >= 0.3 is 12.2 Å². The molecule has 0 fully saturated rings. The second kappa shape index (κ2) is 10.2. The average Bonchev–Trinajstić information content (AvgIpc) is 2.88. The Morgan fingerprint density at radius 1 is 1.33 bits per heavy atom. The minimum absolute atomic E-state index is 0.0804. The van der Waals surface area contributed by atoms with Crippen molar-refractivity contribution >= 4 is 39.8 Å². The summed E-state index contributed by atoms with van der Waals surface area (Å²) < 4.78 is 39.4. The fourth-order valence-electron chi connectivity index (χ4n) is 3.42. The van der Waals surface area contributed by atoms with Crippen LogP contribution >= 0.6 is 15.9 Å². The maximum Gasteiger partial charge on any atom is 0.433 e. The first-order chi connectivity index (χ1) is 15.6. The zero-order chi connectivity index (χ0) is 24.2. The third kappa shape index (κ3) is 6.19. The number of urea groups is 1. The van der Waals surface area contributed by atoms with Crippen LogP contribution in [0, 0.1) is 5.41 Å². The van der Waals surface area contributed by atoms with Gasteiger partial charge in [0, 0.05) is 41.7 Å². The molecule has 3 rings (SSSR count). The first-order valence-corrected chi connectivity index (χ1v) is 10.7. The molecule has 0 bridgehead atoms. The largest absolute Gasteiger partial charge is 0.433 e. The summed E-state index contributed by atoms with van der Waals surface area (Å²) >= 11 is 3.39. The number of aryl methyl sites for hydroxylation is 1. The Morgan fingerprint density at radius 3 is 2.79 bits per heavy atom. The van der Waals surface area contributed by atoms with Crippen LogP contribution in [-0.2, 0) is 23.8 Å². The summed E-state index contributed by atoms with van der Waals surface area (Å²) in [6.07, 6.45) is -1.53. The summed E-state index contributed by atoms with van der Waals surface area (Å²) in [5, 5.41) is 12.5. The van der Waals surface area contributed by atoms with E-state index in [2.05, 4.69) is 31.5 Å². The van der Waals surface area contributed by atoms with E-state index in [9.17, 15) is 22.8 Å². The highest BCUT2D eigenvalue weighted by molar-refractivity contribution is 9.10. The van der Waals surface area contributed by atoms with Gasteiger partial charge in [-0.1, -0.05) is 28.1 Å². The Hall–Kier alpha value is -3.21. The van der Waals surface area contributed by atoms with Crippen molar-refractivity contribution in [3.05, 3.63) is 69.6 Å². The number of pyridine rings is 1. The third-order valence-corrected chi connectivity index (χ3v) is 5.59. The van der Waals surface area contributed by atoms with Gasteiger partial charge in [0.25, 0.3) is 0 Å². The Labute approximate surface area is 196 Å². The van der Waals surface area contributed by atoms with Gasteiger partial charge in [0.15, 0.2) is 0 Å². The maximum absolute atomic E-state index is 12.8. The van der Waals surface area contributed by atoms with E-state index in [4.69, 9.17) is 5.41 Å². The summed E-state index contributed by atoms with van der Waals surface area (Å²) in [5.74, 6) is -0.272. The Balaban J connectivity index is 1.64. The first-order valence-electron chi connectivity index (χ1n) is 9.94. The minimum Gasteiger partial charge on any atom is -0.326 e. The average molecular weight is 524 g/mol. The standard InChI is InChI=1S/C22H21BrF3N5O2/c1-31-18-10-15(23)7-5-14(18)6-8-17(20(31)32)30-21(33)28-12-13(11-27)9-16-3-2-4-19(29-16)22(24,25)26/h2-5,7,10-12,17,27H,6,8-9H2,1H3,(H2,28,30,33)/b13-12-,27-11?. The first kappa shape index (κ1) is 24.4. The van der Waals surface area contributed by atoms with E-state index in [1.54, 1.807) is 7.05 Å². The fraction of sp³-hybridized carbons (Fsp3) is 0.273. The molecule has 1 aromatic carbocycles. The molecule has 1 aliphatic rings. The summed E-state index contributed by atoms with van der Waals surface area (Å²) in [6.45, 7) is 0. The van der Waals surface area contributed by atoms with Crippen molar-refractivity contribution in [3.63, 3.8) is 0 Å². The smallest absolute Gasteiger partial charge is 0.326 e. The normalized spacial score (nSPS) is 16.6. The summed E-state index contributed by atoms with van der Waals surface area (Å²) in [6, 6.07) is 7.73. The number of halogens is 4. The monoisotopic (exact) mass is 523 g/mol. The molecule has 174 valence electrons. The SMILES string of the molecule is CN1C(=O)C(NC(=O)N/C=C(\C=N)Cc2cccc(C(F)(F)F)n2)CCc2ccc(Br)cc21. The highest BCUT2D eigenvalue weighted by atomic mass is 79.9. The molecule has 1 aromatic heterocycles. The number of rotatable bonds is 5. The van der Waals surface area contributed by atoms with Gasteiger partial charge in [-0.3, -0.25) is 4.79 Å². The van der Waals surface area contributed by atoms with E-state index in [1.807, 2.05) is 18.2 Å². The molecule has 0 saturated heterocycles. The predicted molar refractivity (Wildman–Crippen MR) is 121 cm³/mol. The number of aromatic nitrogens is 1. The quantitative estimate of drug-likeness (QED) is 0.511. The predicted octanol–water partition coefficient (Wildman–Crippen LogP) is 4.22. The van der Waals surface area contributed by atoms with Gasteiger partial charge < -0.3 is 20.9 Å². The van der Waals surface area contributed by atoms with Crippen molar-refractivity contribution in [2.75, 3.05) is 11.9 Å². The molecular weight excluding hydrogens is 503 g/mol. The van der Waals surface area contributed by atoms with Crippen LogP contribution in [0.5, 0.6) is 0 Å². The molecule has 3 amide bonds. The number of carbonyl (C=O) groups excluding carboxylic acids is 2. The van der Waals surface area contributed by atoms with Crippen molar-refractivity contribution in [1.29, 1.82) is 5.41 Å². The van der Waals surface area contributed by atoms with E-state index < -0.39 is 23.9 Å². The molecule has 0 radical (unpaired) electrons. The lowest BCUT2D eigenvalue weighted by Crippen LogP contribution is -2.49. The van der Waals surface area contributed by atoms with E-state index >= 15 is 0 Å². The number of nitrogens with zero attached hydrogens (tertiary/aromatic N) is 2. The van der Waals surface area contributed by atoms with E-state index in [0.29, 0.717) is 12.8 Å². The fourth-order valence-corrected chi connectivity index (χ4v) is 3.77. The maximum atomic E-state index is 12.8. The number of carbonyl (C=O) groups is 2. The summed E-state index contributed by atoms with van der Waals surface area (Å²) in [4.78, 5) is 30.2. The van der Waals surface area contributed by atoms with Crippen LogP contribution in [0.3, 0.4) is 0 Å². The highest BCUT2D eigenvalue weighted by Gasteiger charge is 2.32. The molecule has 2 aromatic rings. The number of alkyl halides is 3. The molecule has 7 nitrogen and oxygen atoms in total. The number of benzene rings is 1. The van der Waals surface area contributed by atoms with Crippen molar-refractivity contribution in [2.45, 2.75) is 31.5 Å². The van der Waals surface area contributed by atoms with Gasteiger partial charge in [-0.05, 0) is 48.2 Å². The van der Waals surface area contributed by atoms with Crippen molar-refractivity contribution in [3.8, 4) is 0 Å². The number of anilines is 1. The lowest BCUT2D eigenvalue weighted by Gasteiger charge is -2.22. The molecule has 1 atom stereocenters. The van der Waals surface area contributed by atoms with Gasteiger partial charge in [-0.25, -0.2) is 9.78 Å². The third-order valence-electron chi connectivity index (χ3n) is 5.10. The number of amides is 3. The number of allylic oxidation sites excluding steroid dienone is 1. The molecule has 11 heteroatoms. The highest BCUT2D eigenvalue weighted by Crippen LogP contribution is 2.29. The lowest BCUT2D eigenvalue weighted by molar-refractivity contribution is -0.141. The molecule has 1 aliphatic heterocycles. The number of fused-ring (bicyclic) bond motifs is 1. The van der Waals surface area contributed by atoms with Gasteiger partial charge in [-0.15, -0.1) is 0 Å². The molecule has 33 heavy (non-hydrogen) atoms. The number of hydrogen-bond acceptors (Lipinski definition) is 4.